The molecule has 0 amide bonds. The first-order valence-electron chi connectivity index (χ1n) is 5.26. The fourth-order valence-corrected chi connectivity index (χ4v) is 2.14. The third-order valence-corrected chi connectivity index (χ3v) is 2.99. The maximum atomic E-state index is 4.30. The molecule has 2 rings (SSSR count). The highest BCUT2D eigenvalue weighted by atomic mass is 15.6. The fourth-order valence-electron chi connectivity index (χ4n) is 2.14. The molecule has 0 bridgehead atoms. The van der Waals surface area contributed by atoms with Crippen molar-refractivity contribution in [3.05, 3.63) is 5.82 Å². The Morgan fingerprint density at radius 1 is 1.57 bits per heavy atom. The molecule has 0 saturated carbocycles. The van der Waals surface area contributed by atoms with E-state index in [4.69, 9.17) is 0 Å². The monoisotopic (exact) mass is 195 g/mol. The van der Waals surface area contributed by atoms with Gasteiger partial charge >= 0.3 is 0 Å². The van der Waals surface area contributed by atoms with Gasteiger partial charge in [-0.25, -0.2) is 0 Å². The first-order chi connectivity index (χ1) is 6.81. The van der Waals surface area contributed by atoms with Gasteiger partial charge in [0.25, 0.3) is 0 Å². The standard InChI is InChI=1S/C9H17N5/c1-3-7-6-10-5-4-8(7)9-11-13-14(2)12-9/h7-8,10H,3-6H2,1-2H3. The Balaban J connectivity index is 2.14. The summed E-state index contributed by atoms with van der Waals surface area (Å²) in [7, 11) is 1.82. The van der Waals surface area contributed by atoms with Crippen LogP contribution in [0.5, 0.6) is 0 Å². The number of rotatable bonds is 2. The topological polar surface area (TPSA) is 55.6 Å². The molecule has 2 heterocycles. The van der Waals surface area contributed by atoms with Gasteiger partial charge in [0.2, 0.25) is 0 Å². The number of nitrogens with one attached hydrogen (secondary N) is 1. The molecule has 14 heavy (non-hydrogen) atoms. The molecule has 1 aromatic rings. The molecule has 1 N–H and O–H groups in total. The Morgan fingerprint density at radius 3 is 3.07 bits per heavy atom. The molecule has 2 atom stereocenters. The molecule has 1 saturated heterocycles. The average molecular weight is 195 g/mol. The summed E-state index contributed by atoms with van der Waals surface area (Å²) in [5, 5.41) is 15.7. The van der Waals surface area contributed by atoms with E-state index >= 15 is 0 Å². The first-order valence-corrected chi connectivity index (χ1v) is 5.26. The van der Waals surface area contributed by atoms with Crippen LogP contribution in [-0.4, -0.2) is 33.3 Å². The Bertz CT molecular complexity index is 295. The molecule has 1 aliphatic rings. The molecule has 1 aliphatic heterocycles. The second kappa shape index (κ2) is 4.04. The van der Waals surface area contributed by atoms with Crippen LogP contribution in [-0.2, 0) is 7.05 Å². The highest BCUT2D eigenvalue weighted by molar-refractivity contribution is 4.98. The van der Waals surface area contributed by atoms with Crippen molar-refractivity contribution in [1.82, 2.24) is 25.5 Å². The van der Waals surface area contributed by atoms with E-state index in [0.717, 1.165) is 25.3 Å². The molecule has 78 valence electrons. The minimum atomic E-state index is 0.495. The molecule has 0 spiro atoms. The summed E-state index contributed by atoms with van der Waals surface area (Å²) in [4.78, 5) is 1.55. The predicted molar refractivity (Wildman–Crippen MR) is 52.8 cm³/mol. The molecular weight excluding hydrogens is 178 g/mol. The highest BCUT2D eigenvalue weighted by Crippen LogP contribution is 2.29. The summed E-state index contributed by atoms with van der Waals surface area (Å²) in [5.74, 6) is 2.07. The summed E-state index contributed by atoms with van der Waals surface area (Å²) in [6.07, 6.45) is 2.31. The Morgan fingerprint density at radius 2 is 2.43 bits per heavy atom. The zero-order valence-corrected chi connectivity index (χ0v) is 8.77. The summed E-state index contributed by atoms with van der Waals surface area (Å²) in [6, 6.07) is 0. The van der Waals surface area contributed by atoms with E-state index in [1.165, 1.54) is 6.42 Å². The van der Waals surface area contributed by atoms with Crippen LogP contribution < -0.4 is 5.32 Å². The summed E-state index contributed by atoms with van der Waals surface area (Å²) >= 11 is 0. The first kappa shape index (κ1) is 9.58. The lowest BCUT2D eigenvalue weighted by molar-refractivity contribution is 0.307. The molecular formula is C9H17N5. The van der Waals surface area contributed by atoms with Crippen LogP contribution in [0.25, 0.3) is 0 Å². The van der Waals surface area contributed by atoms with Crippen LogP contribution in [0.4, 0.5) is 0 Å². The number of aromatic nitrogens is 4. The average Bonchev–Trinajstić information content (AvgIpc) is 2.65. The Hall–Kier alpha value is -0.970. The lowest BCUT2D eigenvalue weighted by Crippen LogP contribution is -2.35. The summed E-state index contributed by atoms with van der Waals surface area (Å²) in [5.41, 5.74) is 0. The van der Waals surface area contributed by atoms with Crippen molar-refractivity contribution in [2.75, 3.05) is 13.1 Å². The van der Waals surface area contributed by atoms with Gasteiger partial charge in [0.1, 0.15) is 0 Å². The van der Waals surface area contributed by atoms with Crippen LogP contribution in [0, 0.1) is 5.92 Å². The van der Waals surface area contributed by atoms with Gasteiger partial charge in [-0.3, -0.25) is 0 Å². The maximum absolute atomic E-state index is 4.30. The van der Waals surface area contributed by atoms with Crippen LogP contribution in [0.1, 0.15) is 31.5 Å². The van der Waals surface area contributed by atoms with Gasteiger partial charge in [-0.1, -0.05) is 13.3 Å². The summed E-state index contributed by atoms with van der Waals surface area (Å²) < 4.78 is 0. The minimum Gasteiger partial charge on any atom is -0.316 e. The number of nitrogens with zero attached hydrogens (tertiary/aromatic N) is 4. The zero-order chi connectivity index (χ0) is 9.97. The van der Waals surface area contributed by atoms with Crippen LogP contribution in [0.15, 0.2) is 0 Å². The molecule has 5 nitrogen and oxygen atoms in total. The van der Waals surface area contributed by atoms with E-state index in [0.29, 0.717) is 11.8 Å². The number of hydrogen-bond acceptors (Lipinski definition) is 4. The van der Waals surface area contributed by atoms with E-state index < -0.39 is 0 Å². The third kappa shape index (κ3) is 1.77. The Kier molecular flexibility index (Phi) is 2.77. The van der Waals surface area contributed by atoms with Gasteiger partial charge in [-0.05, 0) is 30.6 Å². The zero-order valence-electron chi connectivity index (χ0n) is 8.77. The second-order valence-electron chi connectivity index (χ2n) is 3.90. The summed E-state index contributed by atoms with van der Waals surface area (Å²) in [6.45, 7) is 4.37. The lowest BCUT2D eigenvalue weighted by Gasteiger charge is -2.28. The normalized spacial score (nSPS) is 27.9. The van der Waals surface area contributed by atoms with Crippen molar-refractivity contribution in [2.45, 2.75) is 25.7 Å². The molecule has 5 heteroatoms. The number of aryl methyl sites for hydroxylation is 1. The molecule has 1 aromatic heterocycles. The van der Waals surface area contributed by atoms with Crippen molar-refractivity contribution < 1.29 is 0 Å². The van der Waals surface area contributed by atoms with Crippen LogP contribution in [0.3, 0.4) is 0 Å². The molecule has 2 unspecified atom stereocenters. The van der Waals surface area contributed by atoms with Gasteiger partial charge in [-0.15, -0.1) is 10.2 Å². The quantitative estimate of drug-likeness (QED) is 0.738. The smallest absolute Gasteiger partial charge is 0.178 e. The van der Waals surface area contributed by atoms with Crippen molar-refractivity contribution in [1.29, 1.82) is 0 Å². The SMILES string of the molecule is CCC1CNCCC1c1nnn(C)n1. The molecule has 0 aliphatic carbocycles. The minimum absolute atomic E-state index is 0.495. The number of piperidine rings is 1. The molecule has 0 radical (unpaired) electrons. The predicted octanol–water partition coefficient (Wildman–Crippen LogP) is 0.313. The number of tetrazole rings is 1. The Labute approximate surface area is 83.9 Å². The van der Waals surface area contributed by atoms with Gasteiger partial charge in [0, 0.05) is 5.92 Å². The van der Waals surface area contributed by atoms with E-state index in [1.54, 1.807) is 4.80 Å². The fraction of sp³-hybridized carbons (Fsp3) is 0.889. The van der Waals surface area contributed by atoms with E-state index in [9.17, 15) is 0 Å². The lowest BCUT2D eigenvalue weighted by atomic mass is 9.84. The van der Waals surface area contributed by atoms with Gasteiger partial charge in [-0.2, -0.15) is 4.80 Å². The van der Waals surface area contributed by atoms with Gasteiger partial charge < -0.3 is 5.32 Å². The van der Waals surface area contributed by atoms with E-state index in [1.807, 2.05) is 7.05 Å². The van der Waals surface area contributed by atoms with E-state index in [2.05, 4.69) is 27.7 Å². The van der Waals surface area contributed by atoms with Crippen molar-refractivity contribution in [3.63, 3.8) is 0 Å². The largest absolute Gasteiger partial charge is 0.316 e. The highest BCUT2D eigenvalue weighted by Gasteiger charge is 2.28. The van der Waals surface area contributed by atoms with Crippen molar-refractivity contribution in [3.8, 4) is 0 Å². The van der Waals surface area contributed by atoms with Crippen LogP contribution >= 0.6 is 0 Å². The number of hydrogen-bond donors (Lipinski definition) is 1. The van der Waals surface area contributed by atoms with E-state index in [-0.39, 0.29) is 0 Å². The van der Waals surface area contributed by atoms with Crippen molar-refractivity contribution in [2.24, 2.45) is 13.0 Å². The van der Waals surface area contributed by atoms with Gasteiger partial charge in [0.05, 0.1) is 7.05 Å². The molecule has 1 fully saturated rings. The van der Waals surface area contributed by atoms with Gasteiger partial charge in [0.15, 0.2) is 5.82 Å². The van der Waals surface area contributed by atoms with Crippen molar-refractivity contribution >= 4 is 0 Å². The third-order valence-electron chi connectivity index (χ3n) is 2.99. The molecule has 0 aromatic carbocycles. The van der Waals surface area contributed by atoms with Crippen LogP contribution in [0.2, 0.25) is 0 Å². The second-order valence-corrected chi connectivity index (χ2v) is 3.90. The maximum Gasteiger partial charge on any atom is 0.178 e.